The van der Waals surface area contributed by atoms with Crippen LogP contribution in [0.2, 0.25) is 5.02 Å². The fraction of sp³-hybridized carbons (Fsp3) is 0.211. The number of nitrogens with one attached hydrogen (secondary N) is 2. The van der Waals surface area contributed by atoms with Crippen LogP contribution in [0.15, 0.2) is 53.6 Å². The molecule has 0 aromatic heterocycles. The van der Waals surface area contributed by atoms with Gasteiger partial charge in [-0.15, -0.1) is 0 Å². The summed E-state index contributed by atoms with van der Waals surface area (Å²) in [4.78, 5) is 23.5. The molecule has 0 unspecified atom stereocenters. The van der Waals surface area contributed by atoms with E-state index in [0.717, 1.165) is 5.56 Å². The SMILES string of the molecule is CC(C)c1ccc(CNC(=O)C(=O)N/N=C\c2ccccc2Cl)cc1. The summed E-state index contributed by atoms with van der Waals surface area (Å²) >= 11 is 5.97. The first-order valence-electron chi connectivity index (χ1n) is 7.92. The molecule has 0 radical (unpaired) electrons. The van der Waals surface area contributed by atoms with Gasteiger partial charge in [0.2, 0.25) is 0 Å². The average molecular weight is 358 g/mol. The number of hydrogen-bond donors (Lipinski definition) is 2. The fourth-order valence-corrected chi connectivity index (χ4v) is 2.26. The van der Waals surface area contributed by atoms with Crippen LogP contribution in [0.4, 0.5) is 0 Å². The molecule has 130 valence electrons. The molecule has 2 aromatic rings. The number of hydrogen-bond acceptors (Lipinski definition) is 3. The van der Waals surface area contributed by atoms with Crippen molar-refractivity contribution in [3.8, 4) is 0 Å². The lowest BCUT2D eigenvalue weighted by atomic mass is 10.0. The molecule has 0 spiro atoms. The minimum Gasteiger partial charge on any atom is -0.344 e. The highest BCUT2D eigenvalue weighted by molar-refractivity contribution is 6.35. The minimum atomic E-state index is -0.831. The summed E-state index contributed by atoms with van der Waals surface area (Å²) in [6, 6.07) is 14.9. The van der Waals surface area contributed by atoms with Crippen LogP contribution in [0, 0.1) is 0 Å². The van der Waals surface area contributed by atoms with Crippen molar-refractivity contribution in [2.75, 3.05) is 0 Å². The number of rotatable bonds is 5. The molecule has 2 aromatic carbocycles. The van der Waals surface area contributed by atoms with Crippen LogP contribution in [-0.2, 0) is 16.1 Å². The molecule has 0 aliphatic rings. The lowest BCUT2D eigenvalue weighted by Crippen LogP contribution is -2.37. The van der Waals surface area contributed by atoms with Crippen molar-refractivity contribution in [2.24, 2.45) is 5.10 Å². The summed E-state index contributed by atoms with van der Waals surface area (Å²) < 4.78 is 0. The van der Waals surface area contributed by atoms with Crippen molar-refractivity contribution >= 4 is 29.6 Å². The third-order valence-electron chi connectivity index (χ3n) is 3.58. The van der Waals surface area contributed by atoms with Crippen molar-refractivity contribution in [1.29, 1.82) is 0 Å². The average Bonchev–Trinajstić information content (AvgIpc) is 2.61. The summed E-state index contributed by atoms with van der Waals surface area (Å²) in [5.41, 5.74) is 4.97. The van der Waals surface area contributed by atoms with E-state index in [1.807, 2.05) is 24.3 Å². The first kappa shape index (κ1) is 18.7. The molecule has 2 N–H and O–H groups in total. The third-order valence-corrected chi connectivity index (χ3v) is 3.92. The molecule has 2 amide bonds. The van der Waals surface area contributed by atoms with Gasteiger partial charge in [0.25, 0.3) is 0 Å². The Balaban J connectivity index is 1.82. The van der Waals surface area contributed by atoms with E-state index in [1.165, 1.54) is 11.8 Å². The number of carbonyl (C=O) groups is 2. The van der Waals surface area contributed by atoms with Crippen LogP contribution in [0.1, 0.15) is 36.5 Å². The van der Waals surface area contributed by atoms with Crippen LogP contribution in [0.25, 0.3) is 0 Å². The maximum absolute atomic E-state index is 11.8. The fourth-order valence-electron chi connectivity index (χ4n) is 2.07. The van der Waals surface area contributed by atoms with Crippen molar-refractivity contribution in [3.63, 3.8) is 0 Å². The first-order chi connectivity index (χ1) is 12.0. The van der Waals surface area contributed by atoms with E-state index in [-0.39, 0.29) is 6.54 Å². The standard InChI is InChI=1S/C19H20ClN3O2/c1-13(2)15-9-7-14(8-10-15)11-21-18(24)19(25)23-22-12-16-5-3-4-6-17(16)20/h3-10,12-13H,11H2,1-2H3,(H,21,24)(H,23,25)/b22-12-. The Hall–Kier alpha value is -2.66. The minimum absolute atomic E-state index is 0.277. The molecule has 6 heteroatoms. The molecule has 5 nitrogen and oxygen atoms in total. The van der Waals surface area contributed by atoms with Gasteiger partial charge >= 0.3 is 11.8 Å². The molecule has 0 atom stereocenters. The van der Waals surface area contributed by atoms with Gasteiger partial charge < -0.3 is 5.32 Å². The predicted molar refractivity (Wildman–Crippen MR) is 99.6 cm³/mol. The molecular weight excluding hydrogens is 338 g/mol. The maximum Gasteiger partial charge on any atom is 0.329 e. The number of hydrazone groups is 1. The van der Waals surface area contributed by atoms with Crippen LogP contribution in [0.5, 0.6) is 0 Å². The van der Waals surface area contributed by atoms with Gasteiger partial charge in [0.1, 0.15) is 0 Å². The van der Waals surface area contributed by atoms with Crippen molar-refractivity contribution in [2.45, 2.75) is 26.3 Å². The van der Waals surface area contributed by atoms with E-state index in [1.54, 1.807) is 24.3 Å². The number of carbonyl (C=O) groups excluding carboxylic acids is 2. The van der Waals surface area contributed by atoms with Gasteiger partial charge in [-0.1, -0.05) is 67.9 Å². The molecule has 0 saturated carbocycles. The Morgan fingerprint density at radius 2 is 1.76 bits per heavy atom. The lowest BCUT2D eigenvalue weighted by molar-refractivity contribution is -0.139. The van der Waals surface area contributed by atoms with E-state index < -0.39 is 11.8 Å². The zero-order valence-corrected chi connectivity index (χ0v) is 14.9. The van der Waals surface area contributed by atoms with Crippen molar-refractivity contribution < 1.29 is 9.59 Å². The second-order valence-electron chi connectivity index (χ2n) is 5.80. The van der Waals surface area contributed by atoms with Gasteiger partial charge in [-0.2, -0.15) is 5.10 Å². The van der Waals surface area contributed by atoms with Gasteiger partial charge in [0, 0.05) is 17.1 Å². The summed E-state index contributed by atoms with van der Waals surface area (Å²) in [6.45, 7) is 4.51. The van der Waals surface area contributed by atoms with E-state index in [4.69, 9.17) is 11.6 Å². The first-order valence-corrected chi connectivity index (χ1v) is 8.29. The molecular formula is C19H20ClN3O2. The Morgan fingerprint density at radius 3 is 2.40 bits per heavy atom. The van der Waals surface area contributed by atoms with Gasteiger partial charge in [0.05, 0.1) is 6.21 Å². The van der Waals surface area contributed by atoms with Crippen LogP contribution < -0.4 is 10.7 Å². The molecule has 0 bridgehead atoms. The highest BCUT2D eigenvalue weighted by atomic mass is 35.5. The molecule has 0 aliphatic carbocycles. The topological polar surface area (TPSA) is 70.6 Å². The zero-order chi connectivity index (χ0) is 18.2. The summed E-state index contributed by atoms with van der Waals surface area (Å²) in [5, 5.41) is 6.81. The molecule has 25 heavy (non-hydrogen) atoms. The summed E-state index contributed by atoms with van der Waals surface area (Å²) in [6.07, 6.45) is 1.39. The highest BCUT2D eigenvalue weighted by Gasteiger charge is 2.12. The van der Waals surface area contributed by atoms with E-state index in [2.05, 4.69) is 29.7 Å². The van der Waals surface area contributed by atoms with Crippen molar-refractivity contribution in [3.05, 3.63) is 70.2 Å². The molecule has 0 saturated heterocycles. The molecule has 0 fully saturated rings. The number of amides is 2. The van der Waals surface area contributed by atoms with E-state index >= 15 is 0 Å². The largest absolute Gasteiger partial charge is 0.344 e. The maximum atomic E-state index is 11.8. The quantitative estimate of drug-likeness (QED) is 0.490. The summed E-state index contributed by atoms with van der Waals surface area (Å²) in [7, 11) is 0. The Morgan fingerprint density at radius 1 is 1.08 bits per heavy atom. The third kappa shape index (κ3) is 5.72. The number of halogens is 1. The number of nitrogens with zero attached hydrogens (tertiary/aromatic N) is 1. The smallest absolute Gasteiger partial charge is 0.329 e. The second kappa shape index (κ2) is 8.99. The van der Waals surface area contributed by atoms with Gasteiger partial charge in [-0.05, 0) is 23.1 Å². The Labute approximate surface area is 152 Å². The van der Waals surface area contributed by atoms with Crippen molar-refractivity contribution in [1.82, 2.24) is 10.7 Å². The van der Waals surface area contributed by atoms with Gasteiger partial charge in [-0.25, -0.2) is 5.43 Å². The number of benzene rings is 2. The second-order valence-corrected chi connectivity index (χ2v) is 6.21. The zero-order valence-electron chi connectivity index (χ0n) is 14.1. The van der Waals surface area contributed by atoms with Gasteiger partial charge in [-0.3, -0.25) is 9.59 Å². The lowest BCUT2D eigenvalue weighted by Gasteiger charge is -2.07. The van der Waals surface area contributed by atoms with E-state index in [0.29, 0.717) is 16.5 Å². The molecule has 2 rings (SSSR count). The monoisotopic (exact) mass is 357 g/mol. The highest BCUT2D eigenvalue weighted by Crippen LogP contribution is 2.14. The van der Waals surface area contributed by atoms with Crippen LogP contribution in [0.3, 0.4) is 0 Å². The Kier molecular flexibility index (Phi) is 6.71. The van der Waals surface area contributed by atoms with Crippen LogP contribution >= 0.6 is 11.6 Å². The predicted octanol–water partition coefficient (Wildman–Crippen LogP) is 3.23. The van der Waals surface area contributed by atoms with Crippen LogP contribution in [-0.4, -0.2) is 18.0 Å². The Bertz CT molecular complexity index is 770. The summed E-state index contributed by atoms with van der Waals surface area (Å²) in [5.74, 6) is -1.13. The molecule has 0 heterocycles. The normalized spacial score (nSPS) is 10.9. The van der Waals surface area contributed by atoms with E-state index in [9.17, 15) is 9.59 Å². The molecule has 0 aliphatic heterocycles. The van der Waals surface area contributed by atoms with Gasteiger partial charge in [0.15, 0.2) is 0 Å².